The van der Waals surface area contributed by atoms with Crippen LogP contribution in [-0.4, -0.2) is 47.7 Å². The Hall–Kier alpha value is -1.49. The lowest BCUT2D eigenvalue weighted by Crippen LogP contribution is -2.41. The van der Waals surface area contributed by atoms with E-state index in [4.69, 9.17) is 0 Å². The molecule has 1 aliphatic rings. The molecule has 0 unspecified atom stereocenters. The second-order valence-electron chi connectivity index (χ2n) is 7.06. The molecule has 0 aliphatic carbocycles. The van der Waals surface area contributed by atoms with E-state index < -0.39 is 10.0 Å². The number of carbonyl (C=O) groups is 1. The molecule has 152 valence electrons. The molecular formula is C18H24N4O3S3. The minimum Gasteiger partial charge on any atom is -0.300 e. The molecule has 0 spiro atoms. The lowest BCUT2D eigenvalue weighted by molar-refractivity contribution is -0.120. The Morgan fingerprint density at radius 3 is 2.57 bits per heavy atom. The second-order valence-corrected chi connectivity index (χ2v) is 11.2. The van der Waals surface area contributed by atoms with Crippen molar-refractivity contribution < 1.29 is 13.2 Å². The number of aromatic nitrogens is 2. The van der Waals surface area contributed by atoms with Gasteiger partial charge in [0.25, 0.3) is 0 Å². The highest BCUT2D eigenvalue weighted by Gasteiger charge is 2.32. The minimum absolute atomic E-state index is 0.117. The average molecular weight is 441 g/mol. The van der Waals surface area contributed by atoms with Crippen LogP contribution in [0.3, 0.4) is 0 Å². The van der Waals surface area contributed by atoms with Crippen LogP contribution in [0.1, 0.15) is 26.7 Å². The number of piperidine rings is 1. The number of amides is 1. The van der Waals surface area contributed by atoms with Crippen LogP contribution < -0.4 is 5.32 Å². The molecule has 1 fully saturated rings. The molecular weight excluding hydrogens is 416 g/mol. The van der Waals surface area contributed by atoms with Crippen molar-refractivity contribution in [3.8, 4) is 0 Å². The van der Waals surface area contributed by atoms with Crippen LogP contribution in [0.5, 0.6) is 0 Å². The molecule has 1 saturated heterocycles. The topological polar surface area (TPSA) is 92.3 Å². The zero-order valence-corrected chi connectivity index (χ0v) is 18.3. The van der Waals surface area contributed by atoms with Crippen molar-refractivity contribution in [3.05, 3.63) is 30.3 Å². The summed E-state index contributed by atoms with van der Waals surface area (Å²) >= 11 is 3.00. The van der Waals surface area contributed by atoms with Crippen molar-refractivity contribution in [2.75, 3.05) is 24.2 Å². The third-order valence-electron chi connectivity index (χ3n) is 4.38. The largest absolute Gasteiger partial charge is 0.300 e. The van der Waals surface area contributed by atoms with E-state index in [2.05, 4.69) is 29.4 Å². The summed E-state index contributed by atoms with van der Waals surface area (Å²) in [4.78, 5) is 12.8. The highest BCUT2D eigenvalue weighted by atomic mass is 32.2. The maximum atomic E-state index is 12.7. The van der Waals surface area contributed by atoms with Crippen molar-refractivity contribution >= 4 is 44.2 Å². The van der Waals surface area contributed by atoms with Gasteiger partial charge in [0.15, 0.2) is 4.34 Å². The van der Waals surface area contributed by atoms with Gasteiger partial charge in [0.05, 0.1) is 4.90 Å². The van der Waals surface area contributed by atoms with E-state index in [-0.39, 0.29) is 16.7 Å². The predicted molar refractivity (Wildman–Crippen MR) is 112 cm³/mol. The Bertz CT molecular complexity index is 892. The monoisotopic (exact) mass is 440 g/mol. The lowest BCUT2D eigenvalue weighted by atomic mass is 9.97. The Morgan fingerprint density at radius 1 is 1.25 bits per heavy atom. The molecule has 0 bridgehead atoms. The van der Waals surface area contributed by atoms with Crippen LogP contribution in [-0.2, 0) is 14.8 Å². The van der Waals surface area contributed by atoms with Gasteiger partial charge < -0.3 is 5.32 Å². The van der Waals surface area contributed by atoms with Crippen molar-refractivity contribution in [3.63, 3.8) is 0 Å². The van der Waals surface area contributed by atoms with Crippen molar-refractivity contribution in [2.24, 2.45) is 11.8 Å². The van der Waals surface area contributed by atoms with Crippen molar-refractivity contribution in [1.29, 1.82) is 0 Å². The Labute approximate surface area is 174 Å². The summed E-state index contributed by atoms with van der Waals surface area (Å²) in [5, 5.41) is 11.5. The third-order valence-corrected chi connectivity index (χ3v) is 8.69. The lowest BCUT2D eigenvalue weighted by Gasteiger charge is -2.30. The summed E-state index contributed by atoms with van der Waals surface area (Å²) in [5.41, 5.74) is 0. The Balaban J connectivity index is 1.53. The molecule has 7 nitrogen and oxygen atoms in total. The van der Waals surface area contributed by atoms with Gasteiger partial charge in [-0.2, -0.15) is 4.31 Å². The number of nitrogens with zero attached hydrogens (tertiary/aromatic N) is 3. The first kappa shape index (κ1) is 21.2. The van der Waals surface area contributed by atoms with Gasteiger partial charge in [0.2, 0.25) is 21.1 Å². The summed E-state index contributed by atoms with van der Waals surface area (Å²) in [7, 11) is -3.50. The molecule has 0 radical (unpaired) electrons. The minimum atomic E-state index is -3.50. The molecule has 1 amide bonds. The fourth-order valence-corrected chi connectivity index (χ4v) is 6.09. The summed E-state index contributed by atoms with van der Waals surface area (Å²) in [6.07, 6.45) is 0.983. The summed E-state index contributed by atoms with van der Waals surface area (Å²) in [5.74, 6) is 1.17. The van der Waals surface area contributed by atoms with E-state index in [1.807, 2.05) is 0 Å². The van der Waals surface area contributed by atoms with E-state index in [9.17, 15) is 13.2 Å². The van der Waals surface area contributed by atoms with E-state index in [1.54, 1.807) is 42.1 Å². The van der Waals surface area contributed by atoms with Crippen LogP contribution >= 0.6 is 23.1 Å². The molecule has 2 aromatic rings. The fraction of sp³-hybridized carbons (Fsp3) is 0.500. The normalized spacial score (nSPS) is 16.4. The van der Waals surface area contributed by atoms with Gasteiger partial charge in [-0.3, -0.25) is 4.79 Å². The number of hydrogen-bond acceptors (Lipinski definition) is 7. The van der Waals surface area contributed by atoms with Gasteiger partial charge in [-0.15, -0.1) is 10.2 Å². The number of benzene rings is 1. The summed E-state index contributed by atoms with van der Waals surface area (Å²) < 4.78 is 27.6. The van der Waals surface area contributed by atoms with Gasteiger partial charge in [-0.05, 0) is 30.9 Å². The molecule has 0 atom stereocenters. The van der Waals surface area contributed by atoms with E-state index in [0.29, 0.717) is 37.0 Å². The van der Waals surface area contributed by atoms with Crippen molar-refractivity contribution in [1.82, 2.24) is 14.5 Å². The summed E-state index contributed by atoms with van der Waals surface area (Å²) in [6.45, 7) is 4.95. The zero-order valence-electron chi connectivity index (χ0n) is 15.9. The smallest absolute Gasteiger partial charge is 0.243 e. The van der Waals surface area contributed by atoms with Crippen molar-refractivity contribution in [2.45, 2.75) is 35.9 Å². The van der Waals surface area contributed by atoms with Crippen LogP contribution in [0.4, 0.5) is 5.13 Å². The molecule has 1 aliphatic heterocycles. The standard InChI is InChI=1S/C18H24N4O3S3/c1-13(2)12-26-18-21-20-17(27-18)19-16(23)14-8-10-22(11-9-14)28(24,25)15-6-4-3-5-7-15/h3-7,13-14H,8-12H2,1-2H3,(H,19,20,23). The maximum absolute atomic E-state index is 12.7. The SMILES string of the molecule is CC(C)CSc1nnc(NC(=O)C2CCN(S(=O)(=O)c3ccccc3)CC2)s1. The van der Waals surface area contributed by atoms with Crippen LogP contribution in [0.15, 0.2) is 39.6 Å². The molecule has 1 N–H and O–H groups in total. The number of carbonyl (C=O) groups excluding carboxylic acids is 1. The Morgan fingerprint density at radius 2 is 1.93 bits per heavy atom. The van der Waals surface area contributed by atoms with E-state index in [1.165, 1.54) is 15.6 Å². The average Bonchev–Trinajstić information content (AvgIpc) is 3.14. The molecule has 1 aromatic carbocycles. The Kier molecular flexibility index (Phi) is 7.08. The van der Waals surface area contributed by atoms with Gasteiger partial charge in [0.1, 0.15) is 0 Å². The van der Waals surface area contributed by atoms with Gasteiger partial charge >= 0.3 is 0 Å². The first-order valence-electron chi connectivity index (χ1n) is 9.18. The van der Waals surface area contributed by atoms with Gasteiger partial charge in [-0.1, -0.05) is 55.1 Å². The fourth-order valence-electron chi connectivity index (χ4n) is 2.86. The maximum Gasteiger partial charge on any atom is 0.243 e. The first-order chi connectivity index (χ1) is 13.4. The van der Waals surface area contributed by atoms with Gasteiger partial charge in [0, 0.05) is 24.8 Å². The number of rotatable bonds is 7. The number of sulfonamides is 1. The van der Waals surface area contributed by atoms with Crippen LogP contribution in [0, 0.1) is 11.8 Å². The van der Waals surface area contributed by atoms with E-state index in [0.717, 1.165) is 10.1 Å². The molecule has 28 heavy (non-hydrogen) atoms. The van der Waals surface area contributed by atoms with Crippen LogP contribution in [0.25, 0.3) is 0 Å². The zero-order chi connectivity index (χ0) is 20.1. The molecule has 0 saturated carbocycles. The third kappa shape index (κ3) is 5.31. The van der Waals surface area contributed by atoms with Gasteiger partial charge in [-0.25, -0.2) is 8.42 Å². The highest BCUT2D eigenvalue weighted by Crippen LogP contribution is 2.29. The molecule has 2 heterocycles. The number of nitrogens with one attached hydrogen (secondary N) is 1. The van der Waals surface area contributed by atoms with E-state index >= 15 is 0 Å². The van der Waals surface area contributed by atoms with Crippen LogP contribution in [0.2, 0.25) is 0 Å². The summed E-state index contributed by atoms with van der Waals surface area (Å²) in [6, 6.07) is 8.40. The molecule has 10 heteroatoms. The number of thioether (sulfide) groups is 1. The number of anilines is 1. The predicted octanol–water partition coefficient (Wildman–Crippen LogP) is 3.33. The number of hydrogen-bond donors (Lipinski definition) is 1. The molecule has 1 aromatic heterocycles. The second kappa shape index (κ2) is 9.34. The highest BCUT2D eigenvalue weighted by molar-refractivity contribution is 8.01. The molecule has 3 rings (SSSR count). The first-order valence-corrected chi connectivity index (χ1v) is 12.4. The quantitative estimate of drug-likeness (QED) is 0.524.